The summed E-state index contributed by atoms with van der Waals surface area (Å²) in [5, 5.41) is 12.6. The molecule has 0 radical (unpaired) electrons. The number of hydrogen-bond acceptors (Lipinski definition) is 3. The van der Waals surface area contributed by atoms with Crippen molar-refractivity contribution >= 4 is 5.91 Å². The van der Waals surface area contributed by atoms with Crippen LogP contribution in [-0.4, -0.2) is 42.1 Å². The predicted molar refractivity (Wildman–Crippen MR) is 80.1 cm³/mol. The maximum absolute atomic E-state index is 12.2. The average molecular weight is 276 g/mol. The van der Waals surface area contributed by atoms with E-state index >= 15 is 0 Å². The lowest BCUT2D eigenvalue weighted by atomic mass is 9.96. The molecule has 0 saturated heterocycles. The van der Waals surface area contributed by atoms with Crippen LogP contribution in [0.2, 0.25) is 0 Å². The van der Waals surface area contributed by atoms with Crippen molar-refractivity contribution in [3.63, 3.8) is 0 Å². The summed E-state index contributed by atoms with van der Waals surface area (Å²) in [4.78, 5) is 14.5. The third-order valence-corrected chi connectivity index (χ3v) is 4.52. The van der Waals surface area contributed by atoms with E-state index < -0.39 is 0 Å². The lowest BCUT2D eigenvalue weighted by molar-refractivity contribution is 0.0900. The molecule has 0 heterocycles. The van der Waals surface area contributed by atoms with Gasteiger partial charge in [0.05, 0.1) is 0 Å². The normalized spacial score (nSPS) is 17.4. The van der Waals surface area contributed by atoms with Crippen LogP contribution in [0.1, 0.15) is 41.6 Å². The molecule has 2 rings (SSSR count). The van der Waals surface area contributed by atoms with E-state index in [-0.39, 0.29) is 17.2 Å². The minimum absolute atomic E-state index is 0.0683. The number of phenolic OH excluding ortho intramolecular Hbond substituents is 1. The third kappa shape index (κ3) is 2.96. The van der Waals surface area contributed by atoms with E-state index in [0.29, 0.717) is 12.1 Å². The van der Waals surface area contributed by atoms with E-state index in [4.69, 9.17) is 0 Å². The Kier molecular flexibility index (Phi) is 4.33. The molecule has 1 saturated carbocycles. The fourth-order valence-electron chi connectivity index (χ4n) is 2.96. The van der Waals surface area contributed by atoms with Crippen molar-refractivity contribution in [2.45, 2.75) is 38.1 Å². The van der Waals surface area contributed by atoms with Crippen molar-refractivity contribution in [2.24, 2.45) is 0 Å². The largest absolute Gasteiger partial charge is 0.508 e. The summed E-state index contributed by atoms with van der Waals surface area (Å²) in [6.07, 6.45) is 4.72. The number of likely N-dealkylation sites (N-methyl/N-ethyl adjacent to an activating group) is 1. The Hall–Kier alpha value is -1.55. The number of nitrogens with zero attached hydrogens (tertiary/aromatic N) is 1. The van der Waals surface area contributed by atoms with Crippen LogP contribution in [0.4, 0.5) is 0 Å². The molecule has 110 valence electrons. The summed E-state index contributed by atoms with van der Waals surface area (Å²) >= 11 is 0. The van der Waals surface area contributed by atoms with Crippen LogP contribution in [0.5, 0.6) is 5.75 Å². The number of aromatic hydroxyl groups is 1. The Balaban J connectivity index is 2.02. The van der Waals surface area contributed by atoms with Gasteiger partial charge in [-0.05, 0) is 57.6 Å². The number of benzene rings is 1. The molecule has 2 N–H and O–H groups in total. The molecule has 0 unspecified atom stereocenters. The lowest BCUT2D eigenvalue weighted by Crippen LogP contribution is -2.50. The molecule has 0 atom stereocenters. The van der Waals surface area contributed by atoms with Crippen LogP contribution >= 0.6 is 0 Å². The highest BCUT2D eigenvalue weighted by atomic mass is 16.3. The van der Waals surface area contributed by atoms with Crippen LogP contribution < -0.4 is 5.32 Å². The van der Waals surface area contributed by atoms with Crippen molar-refractivity contribution in [1.29, 1.82) is 0 Å². The molecule has 0 aliphatic heterocycles. The van der Waals surface area contributed by atoms with Gasteiger partial charge in [-0.2, -0.15) is 0 Å². The minimum Gasteiger partial charge on any atom is -0.508 e. The number of carbonyl (C=O) groups is 1. The minimum atomic E-state index is -0.0683. The molecule has 4 nitrogen and oxygen atoms in total. The first-order valence-electron chi connectivity index (χ1n) is 7.20. The first-order chi connectivity index (χ1) is 9.44. The van der Waals surface area contributed by atoms with Crippen LogP contribution in [0.25, 0.3) is 0 Å². The van der Waals surface area contributed by atoms with Crippen LogP contribution in [0.15, 0.2) is 18.2 Å². The first-order valence-corrected chi connectivity index (χ1v) is 7.20. The lowest BCUT2D eigenvalue weighted by Gasteiger charge is -2.36. The maximum atomic E-state index is 12.2. The summed E-state index contributed by atoms with van der Waals surface area (Å²) in [5.74, 6) is 0.156. The standard InChI is InChI=1S/C16H24N2O2/c1-12-10-13(6-7-14(12)19)15(20)17-11-16(18(2)3)8-4-5-9-16/h6-7,10,19H,4-5,8-9,11H2,1-3H3,(H,17,20). The third-order valence-electron chi connectivity index (χ3n) is 4.52. The van der Waals surface area contributed by atoms with Gasteiger partial charge in [0, 0.05) is 17.6 Å². The molecular weight excluding hydrogens is 252 g/mol. The molecule has 1 aliphatic carbocycles. The first kappa shape index (κ1) is 14.9. The number of hydrogen-bond donors (Lipinski definition) is 2. The van der Waals surface area contributed by atoms with E-state index in [0.717, 1.165) is 18.4 Å². The van der Waals surface area contributed by atoms with Crippen LogP contribution in [0, 0.1) is 6.92 Å². The Labute approximate surface area is 120 Å². The number of phenols is 1. The Morgan fingerprint density at radius 3 is 2.55 bits per heavy atom. The monoisotopic (exact) mass is 276 g/mol. The van der Waals surface area contributed by atoms with Gasteiger partial charge in [0.2, 0.25) is 0 Å². The Bertz CT molecular complexity index is 491. The summed E-state index contributed by atoms with van der Waals surface area (Å²) in [6.45, 7) is 2.48. The van der Waals surface area contributed by atoms with Gasteiger partial charge in [0.15, 0.2) is 0 Å². The second-order valence-electron chi connectivity index (χ2n) is 6.01. The molecular formula is C16H24N2O2. The zero-order valence-electron chi connectivity index (χ0n) is 12.6. The van der Waals surface area contributed by atoms with Gasteiger partial charge in [-0.15, -0.1) is 0 Å². The average Bonchev–Trinajstić information content (AvgIpc) is 2.89. The highest BCUT2D eigenvalue weighted by molar-refractivity contribution is 5.94. The molecule has 0 spiro atoms. The van der Waals surface area contributed by atoms with Gasteiger partial charge >= 0.3 is 0 Å². The number of rotatable bonds is 4. The fourth-order valence-corrected chi connectivity index (χ4v) is 2.96. The molecule has 1 amide bonds. The molecule has 1 aliphatic rings. The Morgan fingerprint density at radius 1 is 1.35 bits per heavy atom. The second kappa shape index (κ2) is 5.83. The zero-order chi connectivity index (χ0) is 14.8. The molecule has 20 heavy (non-hydrogen) atoms. The smallest absolute Gasteiger partial charge is 0.251 e. The number of amides is 1. The van der Waals surface area contributed by atoms with Crippen molar-refractivity contribution < 1.29 is 9.90 Å². The molecule has 0 bridgehead atoms. The summed E-state index contributed by atoms with van der Waals surface area (Å²) in [6, 6.07) is 4.96. The predicted octanol–water partition coefficient (Wildman–Crippen LogP) is 2.30. The summed E-state index contributed by atoms with van der Waals surface area (Å²) < 4.78 is 0. The topological polar surface area (TPSA) is 52.6 Å². The van der Waals surface area contributed by atoms with Crippen LogP contribution in [-0.2, 0) is 0 Å². The Morgan fingerprint density at radius 2 is 2.00 bits per heavy atom. The zero-order valence-corrected chi connectivity index (χ0v) is 12.6. The van der Waals surface area contributed by atoms with Crippen LogP contribution in [0.3, 0.4) is 0 Å². The quantitative estimate of drug-likeness (QED) is 0.887. The summed E-state index contributed by atoms with van der Waals surface area (Å²) in [7, 11) is 4.17. The molecule has 1 aromatic rings. The van der Waals surface area contributed by atoms with E-state index in [2.05, 4.69) is 24.3 Å². The van der Waals surface area contributed by atoms with Crippen molar-refractivity contribution in [2.75, 3.05) is 20.6 Å². The fraction of sp³-hybridized carbons (Fsp3) is 0.562. The molecule has 4 heteroatoms. The van der Waals surface area contributed by atoms with Gasteiger partial charge in [-0.1, -0.05) is 12.8 Å². The van der Waals surface area contributed by atoms with E-state index in [1.165, 1.54) is 12.8 Å². The molecule has 1 fully saturated rings. The highest BCUT2D eigenvalue weighted by Crippen LogP contribution is 2.33. The van der Waals surface area contributed by atoms with Crippen molar-refractivity contribution in [1.82, 2.24) is 10.2 Å². The SMILES string of the molecule is Cc1cc(C(=O)NCC2(N(C)C)CCCC2)ccc1O. The van der Waals surface area contributed by atoms with Gasteiger partial charge < -0.3 is 15.3 Å². The number of nitrogens with one attached hydrogen (secondary N) is 1. The van der Waals surface area contributed by atoms with E-state index in [1.807, 2.05) is 0 Å². The number of aryl methyl sites for hydroxylation is 1. The molecule has 0 aromatic heterocycles. The second-order valence-corrected chi connectivity index (χ2v) is 6.01. The van der Waals surface area contributed by atoms with Crippen molar-refractivity contribution in [3.05, 3.63) is 29.3 Å². The van der Waals surface area contributed by atoms with Gasteiger partial charge in [0.1, 0.15) is 5.75 Å². The van der Waals surface area contributed by atoms with E-state index in [9.17, 15) is 9.90 Å². The van der Waals surface area contributed by atoms with Gasteiger partial charge in [-0.25, -0.2) is 0 Å². The number of carbonyl (C=O) groups excluding carboxylic acids is 1. The van der Waals surface area contributed by atoms with Gasteiger partial charge in [0.25, 0.3) is 5.91 Å². The van der Waals surface area contributed by atoms with Gasteiger partial charge in [-0.3, -0.25) is 4.79 Å². The summed E-state index contributed by atoms with van der Waals surface area (Å²) in [5.41, 5.74) is 1.43. The highest BCUT2D eigenvalue weighted by Gasteiger charge is 2.36. The molecule has 1 aromatic carbocycles. The van der Waals surface area contributed by atoms with E-state index in [1.54, 1.807) is 25.1 Å². The van der Waals surface area contributed by atoms with Crippen molar-refractivity contribution in [3.8, 4) is 5.75 Å². The maximum Gasteiger partial charge on any atom is 0.251 e.